The van der Waals surface area contributed by atoms with E-state index in [1.54, 1.807) is 11.9 Å². The number of pyridine rings is 1. The Balaban J connectivity index is 2.11. The molecule has 1 aliphatic rings. The Morgan fingerprint density at radius 2 is 2.26 bits per heavy atom. The lowest BCUT2D eigenvalue weighted by Gasteiger charge is -2.23. The number of aromatic nitrogens is 1. The Morgan fingerprint density at radius 1 is 1.53 bits per heavy atom. The Morgan fingerprint density at radius 3 is 2.79 bits per heavy atom. The summed E-state index contributed by atoms with van der Waals surface area (Å²) in [6.45, 7) is 2.63. The number of hydrogen-bond acceptors (Lipinski definition) is 3. The van der Waals surface area contributed by atoms with Crippen LogP contribution in [0.2, 0.25) is 5.02 Å². The minimum Gasteiger partial charge on any atom is -0.358 e. The lowest BCUT2D eigenvalue weighted by Crippen LogP contribution is -2.27. The first-order valence-corrected chi connectivity index (χ1v) is 6.40. The molecule has 1 fully saturated rings. The minimum atomic E-state index is -4.41. The van der Waals surface area contributed by atoms with Crippen LogP contribution in [-0.2, 0) is 6.18 Å². The summed E-state index contributed by atoms with van der Waals surface area (Å²) in [5, 5.41) is 3.27. The van der Waals surface area contributed by atoms with Crippen molar-refractivity contribution in [3.63, 3.8) is 0 Å². The maximum Gasteiger partial charge on any atom is 0.417 e. The van der Waals surface area contributed by atoms with Gasteiger partial charge in [0.05, 0.1) is 10.6 Å². The van der Waals surface area contributed by atoms with Gasteiger partial charge in [-0.1, -0.05) is 11.6 Å². The van der Waals surface area contributed by atoms with Crippen molar-refractivity contribution < 1.29 is 13.2 Å². The highest BCUT2D eigenvalue weighted by molar-refractivity contribution is 6.33. The Kier molecular flexibility index (Phi) is 4.20. The molecule has 1 aliphatic heterocycles. The molecule has 106 valence electrons. The fourth-order valence-electron chi connectivity index (χ4n) is 2.21. The van der Waals surface area contributed by atoms with Gasteiger partial charge in [-0.25, -0.2) is 4.98 Å². The standard InChI is InChI=1S/C12H15ClF3N3/c1-19(7-8-2-3-17-5-8)11-10(13)4-9(6-18-11)12(14,15)16/h4,6,8,17H,2-3,5,7H2,1H3/t8-/m0/s1. The predicted molar refractivity (Wildman–Crippen MR) is 68.5 cm³/mol. The van der Waals surface area contributed by atoms with Gasteiger partial charge >= 0.3 is 6.18 Å². The topological polar surface area (TPSA) is 28.2 Å². The van der Waals surface area contributed by atoms with Gasteiger partial charge in [-0.2, -0.15) is 13.2 Å². The lowest BCUT2D eigenvalue weighted by atomic mass is 10.1. The number of alkyl halides is 3. The van der Waals surface area contributed by atoms with Crippen LogP contribution in [0.4, 0.5) is 19.0 Å². The highest BCUT2D eigenvalue weighted by atomic mass is 35.5. The van der Waals surface area contributed by atoms with E-state index >= 15 is 0 Å². The van der Waals surface area contributed by atoms with Crippen molar-refractivity contribution in [2.24, 2.45) is 5.92 Å². The summed E-state index contributed by atoms with van der Waals surface area (Å²) in [7, 11) is 1.79. The number of hydrogen-bond donors (Lipinski definition) is 1. The second-order valence-electron chi connectivity index (χ2n) is 4.77. The molecule has 0 bridgehead atoms. The van der Waals surface area contributed by atoms with Crippen LogP contribution in [0.3, 0.4) is 0 Å². The summed E-state index contributed by atoms with van der Waals surface area (Å²) in [5.74, 6) is 0.867. The summed E-state index contributed by atoms with van der Waals surface area (Å²) >= 11 is 5.90. The molecule has 19 heavy (non-hydrogen) atoms. The lowest BCUT2D eigenvalue weighted by molar-refractivity contribution is -0.137. The molecule has 1 aromatic rings. The van der Waals surface area contributed by atoms with E-state index in [4.69, 9.17) is 11.6 Å². The van der Waals surface area contributed by atoms with Crippen LogP contribution < -0.4 is 10.2 Å². The quantitative estimate of drug-likeness (QED) is 0.929. The number of rotatable bonds is 3. The second kappa shape index (κ2) is 5.54. The van der Waals surface area contributed by atoms with Crippen molar-refractivity contribution in [3.8, 4) is 0 Å². The Labute approximate surface area is 114 Å². The van der Waals surface area contributed by atoms with Gasteiger partial charge in [0.15, 0.2) is 0 Å². The summed E-state index contributed by atoms with van der Waals surface area (Å²) in [6.07, 6.45) is -2.53. The molecule has 0 spiro atoms. The molecule has 2 rings (SSSR count). The zero-order valence-corrected chi connectivity index (χ0v) is 11.2. The molecule has 3 nitrogen and oxygen atoms in total. The van der Waals surface area contributed by atoms with Gasteiger partial charge in [0.25, 0.3) is 0 Å². The molecule has 0 unspecified atom stereocenters. The molecule has 0 saturated carbocycles. The molecule has 1 aromatic heterocycles. The van der Waals surface area contributed by atoms with Gasteiger partial charge in [-0.15, -0.1) is 0 Å². The van der Waals surface area contributed by atoms with Gasteiger partial charge < -0.3 is 10.2 Å². The van der Waals surface area contributed by atoms with E-state index in [9.17, 15) is 13.2 Å². The van der Waals surface area contributed by atoms with Crippen LogP contribution in [0.5, 0.6) is 0 Å². The number of nitrogens with one attached hydrogen (secondary N) is 1. The van der Waals surface area contributed by atoms with Crippen LogP contribution in [0, 0.1) is 5.92 Å². The van der Waals surface area contributed by atoms with E-state index in [2.05, 4.69) is 10.3 Å². The molecule has 0 aliphatic carbocycles. The molecule has 1 N–H and O–H groups in total. The molecule has 7 heteroatoms. The first-order valence-electron chi connectivity index (χ1n) is 6.02. The molecule has 1 atom stereocenters. The average molecular weight is 294 g/mol. The zero-order chi connectivity index (χ0) is 14.0. The van der Waals surface area contributed by atoms with Crippen molar-refractivity contribution in [1.82, 2.24) is 10.3 Å². The van der Waals surface area contributed by atoms with Crippen LogP contribution >= 0.6 is 11.6 Å². The fourth-order valence-corrected chi connectivity index (χ4v) is 2.52. The van der Waals surface area contributed by atoms with Crippen LogP contribution in [0.1, 0.15) is 12.0 Å². The first-order chi connectivity index (χ1) is 8.88. The molecule has 0 amide bonds. The fraction of sp³-hybridized carbons (Fsp3) is 0.583. The van der Waals surface area contributed by atoms with Gasteiger partial charge in [0, 0.05) is 19.8 Å². The largest absolute Gasteiger partial charge is 0.417 e. The molecule has 0 aromatic carbocycles. The van der Waals surface area contributed by atoms with Crippen molar-refractivity contribution >= 4 is 17.4 Å². The normalized spacial score (nSPS) is 19.7. The highest BCUT2D eigenvalue weighted by Crippen LogP contribution is 2.33. The van der Waals surface area contributed by atoms with E-state index in [0.29, 0.717) is 11.7 Å². The van der Waals surface area contributed by atoms with Crippen molar-refractivity contribution in [3.05, 3.63) is 22.8 Å². The summed E-state index contributed by atoms with van der Waals surface area (Å²) < 4.78 is 37.5. The molecular weight excluding hydrogens is 279 g/mol. The van der Waals surface area contributed by atoms with Gasteiger partial charge in [0.2, 0.25) is 0 Å². The van der Waals surface area contributed by atoms with Gasteiger partial charge in [-0.05, 0) is 31.5 Å². The first kappa shape index (κ1) is 14.4. The minimum absolute atomic E-state index is 0.0308. The maximum absolute atomic E-state index is 12.5. The van der Waals surface area contributed by atoms with E-state index in [0.717, 1.165) is 38.3 Å². The van der Waals surface area contributed by atoms with Crippen molar-refractivity contribution in [2.45, 2.75) is 12.6 Å². The summed E-state index contributed by atoms with van der Waals surface area (Å²) in [4.78, 5) is 5.65. The Hall–Kier alpha value is -1.01. The number of nitrogens with zero attached hydrogens (tertiary/aromatic N) is 2. The van der Waals surface area contributed by atoms with Crippen molar-refractivity contribution in [1.29, 1.82) is 0 Å². The van der Waals surface area contributed by atoms with Gasteiger partial charge in [-0.3, -0.25) is 0 Å². The predicted octanol–water partition coefficient (Wildman–Crippen LogP) is 2.80. The van der Waals surface area contributed by atoms with Crippen LogP contribution in [-0.4, -0.2) is 31.7 Å². The zero-order valence-electron chi connectivity index (χ0n) is 10.5. The molecule has 0 radical (unpaired) electrons. The monoisotopic (exact) mass is 293 g/mol. The second-order valence-corrected chi connectivity index (χ2v) is 5.17. The van der Waals surface area contributed by atoms with E-state index in [-0.39, 0.29) is 5.02 Å². The molecular formula is C12H15ClF3N3. The van der Waals surface area contributed by atoms with E-state index in [1.807, 2.05) is 0 Å². The average Bonchev–Trinajstić information content (AvgIpc) is 2.80. The summed E-state index contributed by atoms with van der Waals surface area (Å²) in [5.41, 5.74) is -0.822. The smallest absolute Gasteiger partial charge is 0.358 e. The van der Waals surface area contributed by atoms with E-state index in [1.165, 1.54) is 0 Å². The maximum atomic E-state index is 12.5. The third kappa shape index (κ3) is 3.51. The molecule has 1 saturated heterocycles. The third-order valence-corrected chi connectivity index (χ3v) is 3.48. The Bertz CT molecular complexity index is 444. The SMILES string of the molecule is CN(C[C@H]1CCNC1)c1ncc(C(F)(F)F)cc1Cl. The molecule has 2 heterocycles. The number of halogens is 4. The number of anilines is 1. The van der Waals surface area contributed by atoms with Gasteiger partial charge in [0.1, 0.15) is 5.82 Å². The third-order valence-electron chi connectivity index (χ3n) is 3.21. The van der Waals surface area contributed by atoms with Crippen molar-refractivity contribution in [2.75, 3.05) is 31.6 Å². The summed E-state index contributed by atoms with van der Waals surface area (Å²) in [6, 6.07) is 0.924. The van der Waals surface area contributed by atoms with Crippen LogP contribution in [0.25, 0.3) is 0 Å². The highest BCUT2D eigenvalue weighted by Gasteiger charge is 2.32. The van der Waals surface area contributed by atoms with Crippen LogP contribution in [0.15, 0.2) is 12.3 Å². The van der Waals surface area contributed by atoms with E-state index < -0.39 is 11.7 Å².